The van der Waals surface area contributed by atoms with Crippen LogP contribution in [0.4, 0.5) is 0 Å². The third kappa shape index (κ3) is 3.04. The van der Waals surface area contributed by atoms with Crippen LogP contribution in [0, 0.1) is 0 Å². The number of aromatic nitrogens is 1. The fraction of sp³-hybridized carbons (Fsp3) is 0. The smallest absolute Gasteiger partial charge is 0.0702 e. The van der Waals surface area contributed by atoms with Gasteiger partial charge in [-0.2, -0.15) is 0 Å². The number of benzene rings is 2. The Bertz CT molecular complexity index is 633. The summed E-state index contributed by atoms with van der Waals surface area (Å²) in [5.74, 6) is 0. The van der Waals surface area contributed by atoms with Gasteiger partial charge in [0.05, 0.1) is 5.69 Å². The van der Waals surface area contributed by atoms with Crippen molar-refractivity contribution >= 4 is 11.8 Å². The van der Waals surface area contributed by atoms with Crippen LogP contribution in [0.1, 0.15) is 0 Å². The molecule has 1 aromatic heterocycles. The van der Waals surface area contributed by atoms with Crippen LogP contribution >= 0.6 is 11.8 Å². The molecule has 0 aliphatic carbocycles. The van der Waals surface area contributed by atoms with Crippen LogP contribution in [0.25, 0.3) is 11.3 Å². The normalized spacial score (nSPS) is 10.3. The van der Waals surface area contributed by atoms with Crippen LogP contribution in [0.3, 0.4) is 0 Å². The summed E-state index contributed by atoms with van der Waals surface area (Å²) in [7, 11) is 0. The van der Waals surface area contributed by atoms with E-state index in [9.17, 15) is 0 Å². The van der Waals surface area contributed by atoms with E-state index in [2.05, 4.69) is 41.4 Å². The number of nitrogens with zero attached hydrogens (tertiary/aromatic N) is 1. The maximum absolute atomic E-state index is 4.52. The molecule has 0 unspecified atom stereocenters. The summed E-state index contributed by atoms with van der Waals surface area (Å²) in [4.78, 5) is 6.92. The molecular weight excluding hydrogens is 250 g/mol. The van der Waals surface area contributed by atoms with Gasteiger partial charge in [-0.3, -0.25) is 4.98 Å². The molecule has 19 heavy (non-hydrogen) atoms. The van der Waals surface area contributed by atoms with Gasteiger partial charge in [0.25, 0.3) is 0 Å². The van der Waals surface area contributed by atoms with Crippen molar-refractivity contribution in [3.8, 4) is 11.3 Å². The topological polar surface area (TPSA) is 12.9 Å². The minimum absolute atomic E-state index is 1.01. The maximum atomic E-state index is 4.52. The number of rotatable bonds is 3. The summed E-state index contributed by atoms with van der Waals surface area (Å²) < 4.78 is 0. The monoisotopic (exact) mass is 263 g/mol. The first-order valence-electron chi connectivity index (χ1n) is 6.16. The molecule has 0 saturated carbocycles. The lowest BCUT2D eigenvalue weighted by molar-refractivity contribution is 1.24. The summed E-state index contributed by atoms with van der Waals surface area (Å²) in [6, 6.07) is 24.8. The van der Waals surface area contributed by atoms with Crippen LogP contribution in [0.2, 0.25) is 0 Å². The SMILES string of the molecule is c1ccc(Sc2ccc(-c3ccccc3)nc2)cc1. The Morgan fingerprint density at radius 3 is 1.95 bits per heavy atom. The van der Waals surface area contributed by atoms with Gasteiger partial charge in [0.1, 0.15) is 0 Å². The zero-order valence-corrected chi connectivity index (χ0v) is 11.2. The summed E-state index contributed by atoms with van der Waals surface area (Å²) in [5, 5.41) is 0. The zero-order chi connectivity index (χ0) is 12.9. The first kappa shape index (κ1) is 12.0. The summed E-state index contributed by atoms with van der Waals surface area (Å²) in [6.07, 6.45) is 1.93. The summed E-state index contributed by atoms with van der Waals surface area (Å²) in [5.41, 5.74) is 2.16. The van der Waals surface area contributed by atoms with Crippen LogP contribution in [0.5, 0.6) is 0 Å². The second-order valence-corrected chi connectivity index (χ2v) is 5.31. The molecule has 92 valence electrons. The highest BCUT2D eigenvalue weighted by atomic mass is 32.2. The third-order valence-corrected chi connectivity index (χ3v) is 3.77. The van der Waals surface area contributed by atoms with Gasteiger partial charge in [-0.05, 0) is 24.3 Å². The molecule has 2 aromatic carbocycles. The Kier molecular flexibility index (Phi) is 3.61. The average molecular weight is 263 g/mol. The summed E-state index contributed by atoms with van der Waals surface area (Å²) in [6.45, 7) is 0. The molecule has 0 spiro atoms. The predicted molar refractivity (Wildman–Crippen MR) is 80.2 cm³/mol. The molecule has 0 radical (unpaired) electrons. The second kappa shape index (κ2) is 5.72. The van der Waals surface area contributed by atoms with Crippen molar-refractivity contribution < 1.29 is 0 Å². The second-order valence-electron chi connectivity index (χ2n) is 4.16. The first-order chi connectivity index (χ1) is 9.42. The number of hydrogen-bond donors (Lipinski definition) is 0. The highest BCUT2D eigenvalue weighted by molar-refractivity contribution is 7.99. The van der Waals surface area contributed by atoms with E-state index in [0.717, 1.165) is 16.2 Å². The standard InChI is InChI=1S/C17H13NS/c1-3-7-14(8-4-1)17-12-11-16(13-18-17)19-15-9-5-2-6-10-15/h1-13H. The fourth-order valence-electron chi connectivity index (χ4n) is 1.84. The number of pyridine rings is 1. The maximum Gasteiger partial charge on any atom is 0.0702 e. The van der Waals surface area contributed by atoms with E-state index in [-0.39, 0.29) is 0 Å². The molecule has 0 fully saturated rings. The quantitative estimate of drug-likeness (QED) is 0.666. The molecular formula is C17H13NS. The third-order valence-electron chi connectivity index (χ3n) is 2.78. The van der Waals surface area contributed by atoms with Crippen molar-refractivity contribution in [2.75, 3.05) is 0 Å². The molecule has 1 heterocycles. The number of hydrogen-bond acceptors (Lipinski definition) is 2. The minimum atomic E-state index is 1.01. The molecule has 0 aliphatic heterocycles. The van der Waals surface area contributed by atoms with Gasteiger partial charge in [-0.1, -0.05) is 60.3 Å². The van der Waals surface area contributed by atoms with E-state index in [0.29, 0.717) is 0 Å². The Morgan fingerprint density at radius 2 is 1.32 bits per heavy atom. The van der Waals surface area contributed by atoms with E-state index in [4.69, 9.17) is 0 Å². The van der Waals surface area contributed by atoms with Crippen molar-refractivity contribution in [2.45, 2.75) is 9.79 Å². The van der Waals surface area contributed by atoms with Gasteiger partial charge < -0.3 is 0 Å². The first-order valence-corrected chi connectivity index (χ1v) is 6.98. The average Bonchev–Trinajstić information content (AvgIpc) is 2.50. The molecule has 0 amide bonds. The zero-order valence-electron chi connectivity index (χ0n) is 10.4. The van der Waals surface area contributed by atoms with Gasteiger partial charge in [0.15, 0.2) is 0 Å². The highest BCUT2D eigenvalue weighted by Crippen LogP contribution is 2.27. The van der Waals surface area contributed by atoms with Crippen molar-refractivity contribution in [1.29, 1.82) is 0 Å². The van der Waals surface area contributed by atoms with Gasteiger partial charge in [-0.25, -0.2) is 0 Å². The van der Waals surface area contributed by atoms with Gasteiger partial charge in [-0.15, -0.1) is 0 Å². The Hall–Kier alpha value is -2.06. The minimum Gasteiger partial charge on any atom is -0.255 e. The van der Waals surface area contributed by atoms with E-state index in [1.807, 2.05) is 42.6 Å². The van der Waals surface area contributed by atoms with E-state index in [1.165, 1.54) is 4.90 Å². The lowest BCUT2D eigenvalue weighted by Crippen LogP contribution is -1.83. The molecule has 3 rings (SSSR count). The van der Waals surface area contributed by atoms with Gasteiger partial charge >= 0.3 is 0 Å². The van der Waals surface area contributed by atoms with Gasteiger partial charge in [0, 0.05) is 21.6 Å². The molecule has 0 bridgehead atoms. The molecule has 0 N–H and O–H groups in total. The Balaban J connectivity index is 1.80. The lowest BCUT2D eigenvalue weighted by atomic mass is 10.1. The van der Waals surface area contributed by atoms with Crippen molar-refractivity contribution in [3.05, 3.63) is 79.0 Å². The Morgan fingerprint density at radius 1 is 0.632 bits per heavy atom. The highest BCUT2D eigenvalue weighted by Gasteiger charge is 2.00. The van der Waals surface area contributed by atoms with Crippen molar-refractivity contribution in [1.82, 2.24) is 4.98 Å². The van der Waals surface area contributed by atoms with E-state index in [1.54, 1.807) is 11.8 Å². The van der Waals surface area contributed by atoms with Crippen LogP contribution < -0.4 is 0 Å². The molecule has 3 aromatic rings. The van der Waals surface area contributed by atoms with E-state index < -0.39 is 0 Å². The van der Waals surface area contributed by atoms with E-state index >= 15 is 0 Å². The van der Waals surface area contributed by atoms with Crippen LogP contribution in [-0.4, -0.2) is 4.98 Å². The lowest BCUT2D eigenvalue weighted by Gasteiger charge is -2.03. The van der Waals surface area contributed by atoms with Crippen molar-refractivity contribution in [2.24, 2.45) is 0 Å². The summed E-state index contributed by atoms with van der Waals surface area (Å²) >= 11 is 1.73. The Labute approximate surface area is 117 Å². The van der Waals surface area contributed by atoms with Crippen molar-refractivity contribution in [3.63, 3.8) is 0 Å². The van der Waals surface area contributed by atoms with Gasteiger partial charge in [0.2, 0.25) is 0 Å². The molecule has 1 nitrogen and oxygen atoms in total. The molecule has 0 atom stereocenters. The molecule has 2 heteroatoms. The molecule has 0 saturated heterocycles. The largest absolute Gasteiger partial charge is 0.255 e. The molecule has 0 aliphatic rings. The predicted octanol–water partition coefficient (Wildman–Crippen LogP) is 4.90. The van der Waals surface area contributed by atoms with Crippen LogP contribution in [0.15, 0.2) is 88.8 Å². The van der Waals surface area contributed by atoms with Crippen LogP contribution in [-0.2, 0) is 0 Å². The fourth-order valence-corrected chi connectivity index (χ4v) is 2.65.